The van der Waals surface area contributed by atoms with Crippen molar-refractivity contribution in [2.24, 2.45) is 4.99 Å². The van der Waals surface area contributed by atoms with Crippen molar-refractivity contribution in [1.29, 1.82) is 0 Å². The molecule has 1 heterocycles. The van der Waals surface area contributed by atoms with Gasteiger partial charge in [-0.2, -0.15) is 0 Å². The number of benzene rings is 1. The molecular weight excluding hydrogens is 487 g/mol. The second-order valence-corrected chi connectivity index (χ2v) is 7.87. The number of anilines is 1. The normalized spacial score (nSPS) is 11.6. The van der Waals surface area contributed by atoms with Crippen molar-refractivity contribution >= 4 is 47.0 Å². The number of thiazole rings is 1. The number of ether oxygens (including phenoxy) is 2. The van der Waals surface area contributed by atoms with Crippen LogP contribution in [0.2, 0.25) is 0 Å². The van der Waals surface area contributed by atoms with E-state index in [1.807, 2.05) is 32.0 Å². The fourth-order valence-electron chi connectivity index (χ4n) is 2.35. The predicted octanol–water partition coefficient (Wildman–Crippen LogP) is 5.04. The molecule has 8 heteroatoms. The zero-order valence-electron chi connectivity index (χ0n) is 17.5. The third-order valence-corrected chi connectivity index (χ3v) is 4.98. The lowest BCUT2D eigenvalue weighted by Crippen LogP contribution is -2.30. The molecule has 1 aromatic carbocycles. The Bertz CT molecular complexity index is 772. The van der Waals surface area contributed by atoms with Gasteiger partial charge in [0.25, 0.3) is 0 Å². The molecule has 6 nitrogen and oxygen atoms in total. The number of hydrogen-bond donors (Lipinski definition) is 2. The summed E-state index contributed by atoms with van der Waals surface area (Å²) in [6.07, 6.45) is 0. The molecule has 0 saturated carbocycles. The number of guanidine groups is 1. The first-order valence-corrected chi connectivity index (χ1v) is 10.1. The van der Waals surface area contributed by atoms with Crippen LogP contribution in [0.3, 0.4) is 0 Å². The Hall–Kier alpha value is -1.55. The highest BCUT2D eigenvalue weighted by molar-refractivity contribution is 14.0. The van der Waals surface area contributed by atoms with Crippen LogP contribution in [-0.4, -0.2) is 31.2 Å². The van der Waals surface area contributed by atoms with Crippen LogP contribution in [0.25, 0.3) is 0 Å². The average molecular weight is 518 g/mol. The van der Waals surface area contributed by atoms with Crippen LogP contribution in [0.15, 0.2) is 28.6 Å². The first-order chi connectivity index (χ1) is 12.9. The standard InChI is InChI=1S/C20H30N4O2S.HI/c1-7-21-19(22-12-15-13-27-18(23-15)20(3,4)5)24-14-9-10-16(25-6)17(11-14)26-8-2;/h9-11,13H,7-8,12H2,1-6H3,(H2,21,22,24);1H. The van der Waals surface area contributed by atoms with Gasteiger partial charge in [0.2, 0.25) is 0 Å². The van der Waals surface area contributed by atoms with Crippen LogP contribution in [0.4, 0.5) is 5.69 Å². The van der Waals surface area contributed by atoms with E-state index >= 15 is 0 Å². The van der Waals surface area contributed by atoms with E-state index in [1.54, 1.807) is 18.4 Å². The van der Waals surface area contributed by atoms with Crippen LogP contribution in [0.1, 0.15) is 45.3 Å². The first-order valence-electron chi connectivity index (χ1n) is 9.18. The molecule has 156 valence electrons. The van der Waals surface area contributed by atoms with Crippen LogP contribution >= 0.6 is 35.3 Å². The number of aliphatic imine (C=N–C) groups is 1. The maximum atomic E-state index is 5.64. The zero-order valence-corrected chi connectivity index (χ0v) is 20.6. The van der Waals surface area contributed by atoms with Gasteiger partial charge in [-0.05, 0) is 26.0 Å². The molecule has 0 aliphatic carbocycles. The SMILES string of the molecule is CCNC(=NCc1csc(C(C)(C)C)n1)Nc1ccc(OC)c(OCC)c1.I. The summed E-state index contributed by atoms with van der Waals surface area (Å²) < 4.78 is 11.0. The number of methoxy groups -OCH3 is 1. The fourth-order valence-corrected chi connectivity index (χ4v) is 3.25. The lowest BCUT2D eigenvalue weighted by Gasteiger charge is -2.14. The minimum atomic E-state index is 0. The Morgan fingerprint density at radius 3 is 2.54 bits per heavy atom. The van der Waals surface area contributed by atoms with Crippen molar-refractivity contribution in [2.75, 3.05) is 25.6 Å². The topological polar surface area (TPSA) is 67.8 Å². The molecule has 0 spiro atoms. The Kier molecular flexibility index (Phi) is 10.0. The Labute approximate surface area is 189 Å². The number of aromatic nitrogens is 1. The van der Waals surface area contributed by atoms with E-state index in [2.05, 4.69) is 41.8 Å². The second-order valence-electron chi connectivity index (χ2n) is 7.01. The smallest absolute Gasteiger partial charge is 0.196 e. The summed E-state index contributed by atoms with van der Waals surface area (Å²) >= 11 is 1.69. The van der Waals surface area contributed by atoms with E-state index in [4.69, 9.17) is 14.5 Å². The van der Waals surface area contributed by atoms with Crippen molar-refractivity contribution in [3.05, 3.63) is 34.3 Å². The summed E-state index contributed by atoms with van der Waals surface area (Å²) in [5.41, 5.74) is 1.92. The maximum Gasteiger partial charge on any atom is 0.196 e. The highest BCUT2D eigenvalue weighted by Gasteiger charge is 2.17. The lowest BCUT2D eigenvalue weighted by molar-refractivity contribution is 0.311. The molecule has 2 rings (SSSR count). The number of nitrogens with one attached hydrogen (secondary N) is 2. The molecule has 0 amide bonds. The van der Waals surface area contributed by atoms with Crippen LogP contribution in [0, 0.1) is 0 Å². The molecular formula is C20H31IN4O2S. The summed E-state index contributed by atoms with van der Waals surface area (Å²) in [5.74, 6) is 2.12. The molecule has 0 aliphatic heterocycles. The average Bonchev–Trinajstić information content (AvgIpc) is 3.10. The van der Waals surface area contributed by atoms with Crippen molar-refractivity contribution in [2.45, 2.75) is 46.6 Å². The number of halogens is 1. The van der Waals surface area contributed by atoms with E-state index < -0.39 is 0 Å². The van der Waals surface area contributed by atoms with E-state index in [9.17, 15) is 0 Å². The monoisotopic (exact) mass is 518 g/mol. The molecule has 0 aliphatic rings. The lowest BCUT2D eigenvalue weighted by atomic mass is 9.98. The summed E-state index contributed by atoms with van der Waals surface area (Å²) in [6.45, 7) is 12.4. The number of rotatable bonds is 7. The molecule has 0 unspecified atom stereocenters. The van der Waals surface area contributed by atoms with Gasteiger partial charge in [0.05, 0.1) is 31.0 Å². The minimum Gasteiger partial charge on any atom is -0.493 e. The zero-order chi connectivity index (χ0) is 19.9. The Morgan fingerprint density at radius 1 is 1.21 bits per heavy atom. The summed E-state index contributed by atoms with van der Waals surface area (Å²) in [5, 5.41) is 9.78. The summed E-state index contributed by atoms with van der Waals surface area (Å²) in [4.78, 5) is 9.36. The largest absolute Gasteiger partial charge is 0.493 e. The summed E-state index contributed by atoms with van der Waals surface area (Å²) in [6, 6.07) is 5.73. The fraction of sp³-hybridized carbons (Fsp3) is 0.500. The Balaban J connectivity index is 0.00000392. The molecule has 2 N–H and O–H groups in total. The van der Waals surface area contributed by atoms with Gasteiger partial charge in [0.1, 0.15) is 0 Å². The van der Waals surface area contributed by atoms with Gasteiger partial charge in [0, 0.05) is 29.1 Å². The number of nitrogens with zero attached hydrogens (tertiary/aromatic N) is 2. The van der Waals surface area contributed by atoms with E-state index in [-0.39, 0.29) is 29.4 Å². The van der Waals surface area contributed by atoms with Gasteiger partial charge in [0.15, 0.2) is 17.5 Å². The maximum absolute atomic E-state index is 5.64. The minimum absolute atomic E-state index is 0. The van der Waals surface area contributed by atoms with Gasteiger partial charge in [-0.15, -0.1) is 35.3 Å². The third-order valence-electron chi connectivity index (χ3n) is 3.66. The molecule has 0 saturated heterocycles. The van der Waals surface area contributed by atoms with E-state index in [0.717, 1.165) is 22.9 Å². The molecule has 0 bridgehead atoms. The molecule has 28 heavy (non-hydrogen) atoms. The van der Waals surface area contributed by atoms with Gasteiger partial charge >= 0.3 is 0 Å². The summed E-state index contributed by atoms with van der Waals surface area (Å²) in [7, 11) is 1.64. The Morgan fingerprint density at radius 2 is 1.96 bits per heavy atom. The number of hydrogen-bond acceptors (Lipinski definition) is 5. The van der Waals surface area contributed by atoms with Gasteiger partial charge in [-0.25, -0.2) is 9.98 Å². The van der Waals surface area contributed by atoms with Crippen LogP contribution < -0.4 is 20.1 Å². The van der Waals surface area contributed by atoms with Gasteiger partial charge in [-0.3, -0.25) is 0 Å². The quantitative estimate of drug-likeness (QED) is 0.305. The molecule has 2 aromatic rings. The van der Waals surface area contributed by atoms with Gasteiger partial charge in [-0.1, -0.05) is 20.8 Å². The van der Waals surface area contributed by atoms with E-state index in [0.29, 0.717) is 30.6 Å². The van der Waals surface area contributed by atoms with Crippen molar-refractivity contribution in [3.63, 3.8) is 0 Å². The first kappa shape index (κ1) is 24.5. The second kappa shape index (κ2) is 11.5. The predicted molar refractivity (Wildman–Crippen MR) is 129 cm³/mol. The van der Waals surface area contributed by atoms with Gasteiger partial charge < -0.3 is 20.1 Å². The van der Waals surface area contributed by atoms with Crippen molar-refractivity contribution in [1.82, 2.24) is 10.3 Å². The van der Waals surface area contributed by atoms with Crippen LogP contribution in [-0.2, 0) is 12.0 Å². The molecule has 0 fully saturated rings. The van der Waals surface area contributed by atoms with E-state index in [1.165, 1.54) is 0 Å². The highest BCUT2D eigenvalue weighted by Crippen LogP contribution is 2.30. The van der Waals surface area contributed by atoms with Crippen molar-refractivity contribution < 1.29 is 9.47 Å². The molecule has 0 atom stereocenters. The third kappa shape index (κ3) is 7.12. The van der Waals surface area contributed by atoms with Crippen molar-refractivity contribution in [3.8, 4) is 11.5 Å². The highest BCUT2D eigenvalue weighted by atomic mass is 127. The van der Waals surface area contributed by atoms with Crippen LogP contribution in [0.5, 0.6) is 11.5 Å². The molecule has 1 aromatic heterocycles. The molecule has 0 radical (unpaired) electrons.